The number of nitrogens with two attached hydrogens (primary N) is 2. The van der Waals surface area contributed by atoms with E-state index < -0.39 is 0 Å². The van der Waals surface area contributed by atoms with Gasteiger partial charge in [-0.1, -0.05) is 6.92 Å². The minimum atomic E-state index is -0.157. The van der Waals surface area contributed by atoms with Crippen molar-refractivity contribution in [1.82, 2.24) is 10.7 Å². The summed E-state index contributed by atoms with van der Waals surface area (Å²) in [5.74, 6) is 4.82. The number of hydrogen-bond donors (Lipinski definition) is 4. The van der Waals surface area contributed by atoms with Gasteiger partial charge >= 0.3 is 0 Å². The van der Waals surface area contributed by atoms with E-state index in [-0.39, 0.29) is 18.4 Å². The minimum absolute atomic E-state index is 0.00995. The fourth-order valence-electron chi connectivity index (χ4n) is 0.523. The van der Waals surface area contributed by atoms with E-state index in [9.17, 15) is 4.79 Å². The first-order valence-corrected chi connectivity index (χ1v) is 3.74. The monoisotopic (exact) mass is 173 g/mol. The van der Waals surface area contributed by atoms with Gasteiger partial charge in [0.2, 0.25) is 11.9 Å². The molecule has 0 fully saturated rings. The Hall–Kier alpha value is -1.30. The number of hydrazine groups is 1. The number of carbonyl (C=O) groups is 1. The molecule has 0 saturated heterocycles. The fraction of sp³-hybridized carbons (Fsp3) is 0.667. The molecule has 0 aliphatic heterocycles. The highest BCUT2D eigenvalue weighted by Crippen LogP contribution is 1.73. The van der Waals surface area contributed by atoms with Crippen molar-refractivity contribution < 1.29 is 4.79 Å². The van der Waals surface area contributed by atoms with Crippen molar-refractivity contribution in [3.05, 3.63) is 0 Å². The molecule has 0 heterocycles. The van der Waals surface area contributed by atoms with Gasteiger partial charge in [-0.05, 0) is 6.42 Å². The third kappa shape index (κ3) is 5.48. The molecule has 0 bridgehead atoms. The molecule has 0 aliphatic rings. The van der Waals surface area contributed by atoms with Gasteiger partial charge in [-0.25, -0.2) is 10.8 Å². The second-order valence-corrected chi connectivity index (χ2v) is 2.20. The van der Waals surface area contributed by atoms with Gasteiger partial charge in [0.25, 0.3) is 0 Å². The molecule has 0 rings (SSSR count). The number of aliphatic imine (C=N–C) groups is 1. The predicted molar refractivity (Wildman–Crippen MR) is 47.1 cm³/mol. The van der Waals surface area contributed by atoms with Crippen molar-refractivity contribution >= 4 is 11.9 Å². The van der Waals surface area contributed by atoms with Crippen molar-refractivity contribution in [3.8, 4) is 0 Å². The Morgan fingerprint density at radius 3 is 2.75 bits per heavy atom. The van der Waals surface area contributed by atoms with Gasteiger partial charge in [-0.15, -0.1) is 0 Å². The normalized spacial score (nSPS) is 11.0. The Labute approximate surface area is 71.4 Å². The molecule has 6 heteroatoms. The summed E-state index contributed by atoms with van der Waals surface area (Å²) in [4.78, 5) is 14.5. The zero-order chi connectivity index (χ0) is 9.40. The molecular weight excluding hydrogens is 158 g/mol. The van der Waals surface area contributed by atoms with Gasteiger partial charge in [0, 0.05) is 6.54 Å². The fourth-order valence-corrected chi connectivity index (χ4v) is 0.523. The highest BCUT2D eigenvalue weighted by molar-refractivity contribution is 5.83. The van der Waals surface area contributed by atoms with E-state index >= 15 is 0 Å². The van der Waals surface area contributed by atoms with Crippen molar-refractivity contribution in [2.24, 2.45) is 16.6 Å². The first kappa shape index (κ1) is 10.7. The predicted octanol–water partition coefficient (Wildman–Crippen LogP) is -1.71. The van der Waals surface area contributed by atoms with Crippen LogP contribution in [0.3, 0.4) is 0 Å². The molecular formula is C6H15N5O. The molecule has 1 amide bonds. The van der Waals surface area contributed by atoms with Crippen LogP contribution in [0.5, 0.6) is 0 Å². The molecule has 0 aliphatic carbocycles. The minimum Gasteiger partial charge on any atom is -0.369 e. The van der Waals surface area contributed by atoms with E-state index in [1.54, 1.807) is 0 Å². The van der Waals surface area contributed by atoms with Crippen LogP contribution < -0.4 is 22.3 Å². The largest absolute Gasteiger partial charge is 0.369 e. The SMILES string of the molecule is CCCNC(=O)CN=C(N)NN. The van der Waals surface area contributed by atoms with Gasteiger partial charge in [-0.2, -0.15) is 0 Å². The number of amides is 1. The second-order valence-electron chi connectivity index (χ2n) is 2.20. The van der Waals surface area contributed by atoms with E-state index in [0.717, 1.165) is 6.42 Å². The van der Waals surface area contributed by atoms with Crippen LogP contribution in [0, 0.1) is 0 Å². The molecule has 0 radical (unpaired) electrons. The molecule has 0 aromatic rings. The topological polar surface area (TPSA) is 106 Å². The van der Waals surface area contributed by atoms with Gasteiger partial charge in [0.05, 0.1) is 0 Å². The molecule has 0 unspecified atom stereocenters. The van der Waals surface area contributed by atoms with Gasteiger partial charge in [0.15, 0.2) is 0 Å². The summed E-state index contributed by atoms with van der Waals surface area (Å²) in [6, 6.07) is 0. The summed E-state index contributed by atoms with van der Waals surface area (Å²) in [6.45, 7) is 2.64. The van der Waals surface area contributed by atoms with Gasteiger partial charge < -0.3 is 11.1 Å². The summed E-state index contributed by atoms with van der Waals surface area (Å²) < 4.78 is 0. The second kappa shape index (κ2) is 6.41. The quantitative estimate of drug-likeness (QED) is 0.176. The molecule has 0 spiro atoms. The Morgan fingerprint density at radius 1 is 1.58 bits per heavy atom. The maximum absolute atomic E-state index is 10.9. The van der Waals surface area contributed by atoms with Crippen molar-refractivity contribution in [2.75, 3.05) is 13.1 Å². The van der Waals surface area contributed by atoms with Crippen LogP contribution in [0.1, 0.15) is 13.3 Å². The van der Waals surface area contributed by atoms with E-state index in [4.69, 9.17) is 11.6 Å². The zero-order valence-electron chi connectivity index (χ0n) is 7.13. The number of carbonyl (C=O) groups excluding carboxylic acids is 1. The molecule has 0 atom stereocenters. The number of guanidine groups is 1. The van der Waals surface area contributed by atoms with Crippen LogP contribution in [0.15, 0.2) is 4.99 Å². The maximum atomic E-state index is 10.9. The zero-order valence-corrected chi connectivity index (χ0v) is 7.13. The van der Waals surface area contributed by atoms with E-state index in [1.807, 2.05) is 6.92 Å². The highest BCUT2D eigenvalue weighted by Gasteiger charge is 1.96. The van der Waals surface area contributed by atoms with Crippen molar-refractivity contribution in [3.63, 3.8) is 0 Å². The molecule has 0 aromatic heterocycles. The first-order valence-electron chi connectivity index (χ1n) is 3.74. The third-order valence-electron chi connectivity index (χ3n) is 1.11. The molecule has 0 saturated carbocycles. The van der Waals surface area contributed by atoms with Crippen LogP contribution >= 0.6 is 0 Å². The van der Waals surface area contributed by atoms with Gasteiger partial charge in [0.1, 0.15) is 6.54 Å². The van der Waals surface area contributed by atoms with Crippen LogP contribution in [0.4, 0.5) is 0 Å². The highest BCUT2D eigenvalue weighted by atomic mass is 16.1. The lowest BCUT2D eigenvalue weighted by molar-refractivity contribution is -0.119. The van der Waals surface area contributed by atoms with Crippen LogP contribution in [0.25, 0.3) is 0 Å². The summed E-state index contributed by atoms with van der Waals surface area (Å²) in [7, 11) is 0. The van der Waals surface area contributed by atoms with Crippen LogP contribution in [0.2, 0.25) is 0 Å². The summed E-state index contributed by atoms with van der Waals surface area (Å²) >= 11 is 0. The Morgan fingerprint density at radius 2 is 2.25 bits per heavy atom. The Kier molecular flexibility index (Phi) is 5.72. The standard InChI is InChI=1S/C6H15N5O/c1-2-3-9-5(12)4-10-6(7)11-8/h2-4,8H2,1H3,(H,9,12)(H3,7,10,11). The van der Waals surface area contributed by atoms with Crippen LogP contribution in [-0.2, 0) is 4.79 Å². The number of rotatable bonds is 4. The van der Waals surface area contributed by atoms with Crippen molar-refractivity contribution in [1.29, 1.82) is 0 Å². The lowest BCUT2D eigenvalue weighted by Crippen LogP contribution is -2.38. The summed E-state index contributed by atoms with van der Waals surface area (Å²) in [5, 5.41) is 2.64. The number of hydrogen-bond acceptors (Lipinski definition) is 3. The van der Waals surface area contributed by atoms with Crippen molar-refractivity contribution in [2.45, 2.75) is 13.3 Å². The van der Waals surface area contributed by atoms with E-state index in [2.05, 4.69) is 15.7 Å². The summed E-state index contributed by atoms with van der Waals surface area (Å²) in [5.41, 5.74) is 7.31. The average molecular weight is 173 g/mol. The Balaban J connectivity index is 3.56. The molecule has 0 aromatic carbocycles. The number of nitrogens with zero attached hydrogens (tertiary/aromatic N) is 1. The molecule has 70 valence electrons. The summed E-state index contributed by atoms with van der Waals surface area (Å²) in [6.07, 6.45) is 0.903. The van der Waals surface area contributed by atoms with E-state index in [1.165, 1.54) is 0 Å². The number of nitrogens with one attached hydrogen (secondary N) is 2. The lowest BCUT2D eigenvalue weighted by Gasteiger charge is -2.00. The lowest BCUT2D eigenvalue weighted by atomic mass is 10.4. The first-order chi connectivity index (χ1) is 5.70. The average Bonchev–Trinajstić information content (AvgIpc) is 2.10. The third-order valence-corrected chi connectivity index (χ3v) is 1.11. The molecule has 6 N–H and O–H groups in total. The molecule has 6 nitrogen and oxygen atoms in total. The smallest absolute Gasteiger partial charge is 0.241 e. The van der Waals surface area contributed by atoms with Gasteiger partial charge in [-0.3, -0.25) is 10.2 Å². The maximum Gasteiger partial charge on any atom is 0.241 e. The molecule has 12 heavy (non-hydrogen) atoms. The van der Waals surface area contributed by atoms with E-state index in [0.29, 0.717) is 6.54 Å². The Bertz CT molecular complexity index is 167. The van der Waals surface area contributed by atoms with Crippen LogP contribution in [-0.4, -0.2) is 25.0 Å².